The van der Waals surface area contributed by atoms with Crippen LogP contribution < -0.4 is 0 Å². The number of thiol groups is 2. The first-order chi connectivity index (χ1) is 5.89. The maximum atomic E-state index is 11.7. The third-order valence-electron chi connectivity index (χ3n) is 0.851. The van der Waals surface area contributed by atoms with E-state index >= 15 is 0 Å². The molecule has 0 aromatic heterocycles. The summed E-state index contributed by atoms with van der Waals surface area (Å²) in [6.07, 6.45) is 0. The van der Waals surface area contributed by atoms with Crippen molar-refractivity contribution in [3.8, 4) is 0 Å². The standard InChI is InChI=1S/C6H15O4PS2/c1-4-8-11(7,9-5(2)12)10-6(3)13/h5-6,12-13H,4H2,1-3H3. The van der Waals surface area contributed by atoms with Crippen LogP contribution >= 0.6 is 33.1 Å². The normalized spacial score (nSPS) is 20.7. The molecular formula is C6H15O4PS2. The first-order valence-corrected chi connectivity index (χ1v) is 6.36. The summed E-state index contributed by atoms with van der Waals surface area (Å²) in [5.74, 6) is 0. The second kappa shape index (κ2) is 6.32. The van der Waals surface area contributed by atoms with Gasteiger partial charge in [0, 0.05) is 0 Å². The minimum Gasteiger partial charge on any atom is -0.287 e. The lowest BCUT2D eigenvalue weighted by Crippen LogP contribution is -2.07. The monoisotopic (exact) mass is 246 g/mol. The first kappa shape index (κ1) is 13.8. The van der Waals surface area contributed by atoms with Crippen molar-refractivity contribution in [2.45, 2.75) is 31.6 Å². The van der Waals surface area contributed by atoms with E-state index in [1.807, 2.05) is 0 Å². The van der Waals surface area contributed by atoms with E-state index in [9.17, 15) is 4.57 Å². The second-order valence-electron chi connectivity index (χ2n) is 2.27. The molecule has 0 saturated carbocycles. The lowest BCUT2D eigenvalue weighted by Gasteiger charge is -2.20. The molecule has 0 aromatic carbocycles. The molecule has 0 aliphatic rings. The first-order valence-electron chi connectivity index (χ1n) is 3.87. The Kier molecular flexibility index (Phi) is 6.72. The Labute approximate surface area is 89.8 Å². The van der Waals surface area contributed by atoms with E-state index in [4.69, 9.17) is 13.6 Å². The van der Waals surface area contributed by atoms with Crippen molar-refractivity contribution >= 4 is 33.1 Å². The van der Waals surface area contributed by atoms with Crippen molar-refractivity contribution in [1.82, 2.24) is 0 Å². The highest BCUT2D eigenvalue weighted by atomic mass is 32.1. The molecule has 0 aliphatic carbocycles. The number of rotatable bonds is 6. The highest BCUT2D eigenvalue weighted by molar-refractivity contribution is 7.81. The van der Waals surface area contributed by atoms with Crippen molar-refractivity contribution in [1.29, 1.82) is 0 Å². The molecular weight excluding hydrogens is 231 g/mol. The topological polar surface area (TPSA) is 44.8 Å². The molecule has 0 spiro atoms. The Morgan fingerprint density at radius 3 is 1.85 bits per heavy atom. The van der Waals surface area contributed by atoms with Crippen LogP contribution in [0.1, 0.15) is 20.8 Å². The van der Waals surface area contributed by atoms with Crippen molar-refractivity contribution in [3.63, 3.8) is 0 Å². The fourth-order valence-electron chi connectivity index (χ4n) is 0.617. The Bertz CT molecular complexity index is 171. The van der Waals surface area contributed by atoms with Gasteiger partial charge in [-0.3, -0.25) is 13.6 Å². The molecule has 80 valence electrons. The molecule has 0 amide bonds. The number of phosphoric acid groups is 1. The summed E-state index contributed by atoms with van der Waals surface area (Å²) in [7, 11) is -3.48. The van der Waals surface area contributed by atoms with Gasteiger partial charge >= 0.3 is 7.82 Å². The van der Waals surface area contributed by atoms with E-state index in [-0.39, 0.29) is 6.61 Å². The summed E-state index contributed by atoms with van der Waals surface area (Å²) in [5.41, 5.74) is -1.02. The third kappa shape index (κ3) is 6.82. The molecule has 2 atom stereocenters. The summed E-state index contributed by atoms with van der Waals surface area (Å²) >= 11 is 7.85. The molecule has 0 rings (SSSR count). The molecule has 0 bridgehead atoms. The van der Waals surface area contributed by atoms with Crippen LogP contribution in [0.3, 0.4) is 0 Å². The van der Waals surface area contributed by atoms with Gasteiger partial charge in [-0.15, -0.1) is 25.3 Å². The van der Waals surface area contributed by atoms with Crippen LogP contribution in [0.4, 0.5) is 0 Å². The molecule has 0 aliphatic heterocycles. The van der Waals surface area contributed by atoms with E-state index in [1.54, 1.807) is 20.8 Å². The third-order valence-corrected chi connectivity index (χ3v) is 3.12. The van der Waals surface area contributed by atoms with Crippen LogP contribution in [0, 0.1) is 0 Å². The Morgan fingerprint density at radius 2 is 1.62 bits per heavy atom. The lowest BCUT2D eigenvalue weighted by atomic mass is 10.9. The van der Waals surface area contributed by atoms with E-state index in [1.165, 1.54) is 0 Å². The van der Waals surface area contributed by atoms with Gasteiger partial charge in [-0.05, 0) is 20.8 Å². The van der Waals surface area contributed by atoms with Gasteiger partial charge in [-0.2, -0.15) is 0 Å². The largest absolute Gasteiger partial charge is 0.476 e. The zero-order chi connectivity index (χ0) is 10.5. The maximum absolute atomic E-state index is 11.7. The molecule has 0 N–H and O–H groups in total. The van der Waals surface area contributed by atoms with Crippen LogP contribution in [-0.4, -0.2) is 17.5 Å². The van der Waals surface area contributed by atoms with E-state index in [0.717, 1.165) is 0 Å². The predicted octanol–water partition coefficient (Wildman–Crippen LogP) is 2.72. The SMILES string of the molecule is CCOP(=O)(OC(C)S)OC(C)S. The van der Waals surface area contributed by atoms with Gasteiger partial charge < -0.3 is 0 Å². The number of hydrogen-bond donors (Lipinski definition) is 2. The Balaban J connectivity index is 4.25. The lowest BCUT2D eigenvalue weighted by molar-refractivity contribution is 0.110. The maximum Gasteiger partial charge on any atom is 0.476 e. The van der Waals surface area contributed by atoms with Gasteiger partial charge in [-0.1, -0.05) is 0 Å². The van der Waals surface area contributed by atoms with Gasteiger partial charge in [0.15, 0.2) is 0 Å². The van der Waals surface area contributed by atoms with E-state index in [0.29, 0.717) is 0 Å². The summed E-state index contributed by atoms with van der Waals surface area (Å²) in [5, 5.41) is 0. The zero-order valence-electron chi connectivity index (χ0n) is 7.84. The quantitative estimate of drug-likeness (QED) is 0.429. The average Bonchev–Trinajstić information content (AvgIpc) is 1.81. The van der Waals surface area contributed by atoms with Gasteiger partial charge in [0.1, 0.15) is 10.9 Å². The zero-order valence-corrected chi connectivity index (χ0v) is 10.5. The fraction of sp³-hybridized carbons (Fsp3) is 1.00. The van der Waals surface area contributed by atoms with Crippen LogP contribution in [0.15, 0.2) is 0 Å². The summed E-state index contributed by atoms with van der Waals surface area (Å²) in [6.45, 7) is 5.20. The van der Waals surface area contributed by atoms with Crippen LogP contribution in [0.2, 0.25) is 0 Å². The predicted molar refractivity (Wildman–Crippen MR) is 58.3 cm³/mol. The van der Waals surface area contributed by atoms with E-state index < -0.39 is 18.7 Å². The second-order valence-corrected chi connectivity index (χ2v) is 5.30. The molecule has 7 heteroatoms. The van der Waals surface area contributed by atoms with E-state index in [2.05, 4.69) is 25.3 Å². The summed E-state index contributed by atoms with van der Waals surface area (Å²) in [6, 6.07) is 0. The Hall–Kier alpha value is 0.810. The highest BCUT2D eigenvalue weighted by Gasteiger charge is 2.29. The molecule has 2 unspecified atom stereocenters. The smallest absolute Gasteiger partial charge is 0.287 e. The minimum atomic E-state index is -3.48. The van der Waals surface area contributed by atoms with Crippen molar-refractivity contribution in [2.75, 3.05) is 6.61 Å². The molecule has 4 nitrogen and oxygen atoms in total. The van der Waals surface area contributed by atoms with Crippen molar-refractivity contribution < 1.29 is 18.1 Å². The van der Waals surface area contributed by atoms with Crippen LogP contribution in [0.25, 0.3) is 0 Å². The molecule has 0 radical (unpaired) electrons. The summed E-state index contributed by atoms with van der Waals surface area (Å²) < 4.78 is 26.4. The molecule has 0 saturated heterocycles. The van der Waals surface area contributed by atoms with Gasteiger partial charge in [0.2, 0.25) is 0 Å². The van der Waals surface area contributed by atoms with Crippen molar-refractivity contribution in [2.24, 2.45) is 0 Å². The molecule has 0 fully saturated rings. The molecule has 0 aromatic rings. The van der Waals surface area contributed by atoms with Gasteiger partial charge in [-0.25, -0.2) is 4.57 Å². The average molecular weight is 246 g/mol. The van der Waals surface area contributed by atoms with Crippen molar-refractivity contribution in [3.05, 3.63) is 0 Å². The number of hydrogen-bond acceptors (Lipinski definition) is 6. The van der Waals surface area contributed by atoms with Gasteiger partial charge in [0.05, 0.1) is 6.61 Å². The molecule has 0 heterocycles. The van der Waals surface area contributed by atoms with Crippen LogP contribution in [-0.2, 0) is 18.1 Å². The Morgan fingerprint density at radius 1 is 1.23 bits per heavy atom. The van der Waals surface area contributed by atoms with Gasteiger partial charge in [0.25, 0.3) is 0 Å². The summed E-state index contributed by atoms with van der Waals surface area (Å²) in [4.78, 5) is 0. The van der Waals surface area contributed by atoms with Crippen LogP contribution in [0.5, 0.6) is 0 Å². The highest BCUT2D eigenvalue weighted by Crippen LogP contribution is 2.52. The number of phosphoric ester groups is 1. The minimum absolute atomic E-state index is 0.248. The fourth-order valence-corrected chi connectivity index (χ4v) is 2.55. The molecule has 13 heavy (non-hydrogen) atoms.